The Hall–Kier alpha value is -3.84. The molecule has 1 heterocycles. The Kier molecular flexibility index (Phi) is 7.67. The van der Waals surface area contributed by atoms with E-state index in [2.05, 4.69) is 5.32 Å². The smallest absolute Gasteiger partial charge is 0.336 e. The number of para-hydroxylation sites is 1. The molecule has 1 fully saturated rings. The van der Waals surface area contributed by atoms with Gasteiger partial charge in [0.2, 0.25) is 0 Å². The predicted octanol–water partition coefficient (Wildman–Crippen LogP) is 4.98. The number of carboxylic acids is 1. The SMILES string of the molecule is CCOc1ccc(CC2(C(=O)O)CCCO2)cc1CNC(=O)c1ccc(Oc2ccccc2)cc1. The van der Waals surface area contributed by atoms with Gasteiger partial charge < -0.3 is 24.6 Å². The third-order valence-electron chi connectivity index (χ3n) is 5.94. The number of benzene rings is 3. The number of nitrogens with one attached hydrogen (secondary N) is 1. The van der Waals surface area contributed by atoms with Gasteiger partial charge in [0.15, 0.2) is 5.60 Å². The number of carbonyl (C=O) groups is 2. The Bertz CT molecular complexity index is 1150. The molecule has 1 unspecified atom stereocenters. The van der Waals surface area contributed by atoms with Gasteiger partial charge in [-0.1, -0.05) is 30.3 Å². The van der Waals surface area contributed by atoms with Gasteiger partial charge in [0, 0.05) is 30.7 Å². The van der Waals surface area contributed by atoms with Gasteiger partial charge in [-0.05, 0) is 67.8 Å². The second-order valence-electron chi connectivity index (χ2n) is 8.43. The predicted molar refractivity (Wildman–Crippen MR) is 131 cm³/mol. The molecule has 7 nitrogen and oxygen atoms in total. The number of carbonyl (C=O) groups excluding carboxylic acids is 1. The van der Waals surface area contributed by atoms with Crippen LogP contribution in [-0.2, 0) is 22.5 Å². The van der Waals surface area contributed by atoms with Crippen molar-refractivity contribution in [3.8, 4) is 17.2 Å². The summed E-state index contributed by atoms with van der Waals surface area (Å²) < 4.78 is 17.1. The Balaban J connectivity index is 1.43. The van der Waals surface area contributed by atoms with E-state index in [1.54, 1.807) is 24.3 Å². The molecule has 0 radical (unpaired) electrons. The van der Waals surface area contributed by atoms with Gasteiger partial charge in [0.25, 0.3) is 5.91 Å². The molecular weight excluding hydrogens is 446 g/mol. The summed E-state index contributed by atoms with van der Waals surface area (Å²) in [4.78, 5) is 24.6. The number of carboxylic acid groups (broad SMARTS) is 1. The summed E-state index contributed by atoms with van der Waals surface area (Å²) in [6, 6.07) is 21.9. The Morgan fingerprint density at radius 3 is 2.43 bits per heavy atom. The minimum Gasteiger partial charge on any atom is -0.494 e. The molecule has 7 heteroatoms. The van der Waals surface area contributed by atoms with Crippen molar-refractivity contribution in [3.63, 3.8) is 0 Å². The van der Waals surface area contributed by atoms with Crippen LogP contribution in [-0.4, -0.2) is 35.8 Å². The molecule has 1 atom stereocenters. The molecule has 0 spiro atoms. The Labute approximate surface area is 204 Å². The molecule has 2 N–H and O–H groups in total. The van der Waals surface area contributed by atoms with Crippen molar-refractivity contribution in [3.05, 3.63) is 89.5 Å². The van der Waals surface area contributed by atoms with Crippen LogP contribution in [0.4, 0.5) is 0 Å². The fourth-order valence-electron chi connectivity index (χ4n) is 4.16. The Morgan fingerprint density at radius 2 is 1.77 bits per heavy atom. The maximum absolute atomic E-state index is 12.8. The molecule has 1 saturated heterocycles. The second kappa shape index (κ2) is 11.1. The highest BCUT2D eigenvalue weighted by Crippen LogP contribution is 2.31. The van der Waals surface area contributed by atoms with Crippen molar-refractivity contribution in [2.24, 2.45) is 0 Å². The van der Waals surface area contributed by atoms with Crippen LogP contribution >= 0.6 is 0 Å². The summed E-state index contributed by atoms with van der Waals surface area (Å²) >= 11 is 0. The van der Waals surface area contributed by atoms with Crippen molar-refractivity contribution in [1.82, 2.24) is 5.32 Å². The largest absolute Gasteiger partial charge is 0.494 e. The highest BCUT2D eigenvalue weighted by molar-refractivity contribution is 5.94. The summed E-state index contributed by atoms with van der Waals surface area (Å²) in [6.45, 7) is 3.05. The lowest BCUT2D eigenvalue weighted by atomic mass is 9.91. The van der Waals surface area contributed by atoms with Crippen LogP contribution in [0.3, 0.4) is 0 Å². The molecule has 3 aromatic rings. The molecule has 1 amide bonds. The minimum absolute atomic E-state index is 0.231. The van der Waals surface area contributed by atoms with Gasteiger partial charge in [0.1, 0.15) is 17.2 Å². The first-order valence-electron chi connectivity index (χ1n) is 11.7. The molecule has 3 aromatic carbocycles. The number of hydrogen-bond acceptors (Lipinski definition) is 5. The van der Waals surface area contributed by atoms with E-state index < -0.39 is 11.6 Å². The fourth-order valence-corrected chi connectivity index (χ4v) is 4.16. The highest BCUT2D eigenvalue weighted by atomic mass is 16.5. The van der Waals surface area contributed by atoms with Gasteiger partial charge in [-0.25, -0.2) is 4.79 Å². The molecule has 1 aliphatic rings. The van der Waals surface area contributed by atoms with Crippen LogP contribution in [0.2, 0.25) is 0 Å². The van der Waals surface area contributed by atoms with E-state index in [9.17, 15) is 14.7 Å². The van der Waals surface area contributed by atoms with Crippen LogP contribution in [0.1, 0.15) is 41.3 Å². The standard InChI is InChI=1S/C28H29NO6/c1-2-33-25-14-9-20(18-28(27(31)32)15-6-16-34-28)17-22(25)19-29-26(30)21-10-12-24(13-11-21)35-23-7-4-3-5-8-23/h3-5,7-14,17H,2,6,15-16,18-19H2,1H3,(H,29,30)(H,31,32). The van der Waals surface area contributed by atoms with Crippen LogP contribution in [0.15, 0.2) is 72.8 Å². The van der Waals surface area contributed by atoms with Gasteiger partial charge in [0.05, 0.1) is 6.61 Å². The Morgan fingerprint density at radius 1 is 1.03 bits per heavy atom. The zero-order valence-corrected chi connectivity index (χ0v) is 19.7. The minimum atomic E-state index is -1.20. The first-order chi connectivity index (χ1) is 17.0. The van der Waals surface area contributed by atoms with E-state index in [1.165, 1.54) is 0 Å². The zero-order chi connectivity index (χ0) is 24.7. The molecular formula is C28H29NO6. The highest BCUT2D eigenvalue weighted by Gasteiger charge is 2.43. The van der Waals surface area contributed by atoms with Crippen LogP contribution in [0.5, 0.6) is 17.2 Å². The normalized spacial score (nSPS) is 17.1. The molecule has 0 aromatic heterocycles. The van der Waals surface area contributed by atoms with Crippen molar-refractivity contribution in [2.45, 2.75) is 38.3 Å². The topological polar surface area (TPSA) is 94.1 Å². The van der Waals surface area contributed by atoms with Crippen LogP contribution in [0.25, 0.3) is 0 Å². The first-order valence-corrected chi connectivity index (χ1v) is 11.7. The maximum Gasteiger partial charge on any atom is 0.336 e. The summed E-state index contributed by atoms with van der Waals surface area (Å²) in [6.07, 6.45) is 1.46. The lowest BCUT2D eigenvalue weighted by Crippen LogP contribution is -2.40. The lowest BCUT2D eigenvalue weighted by Gasteiger charge is -2.24. The van der Waals surface area contributed by atoms with Crippen LogP contribution in [0, 0.1) is 0 Å². The lowest BCUT2D eigenvalue weighted by molar-refractivity contribution is -0.159. The van der Waals surface area contributed by atoms with E-state index in [-0.39, 0.29) is 18.9 Å². The van der Waals surface area contributed by atoms with Crippen molar-refractivity contribution in [2.75, 3.05) is 13.2 Å². The monoisotopic (exact) mass is 475 g/mol. The van der Waals surface area contributed by atoms with E-state index in [0.29, 0.717) is 36.7 Å². The van der Waals surface area contributed by atoms with Gasteiger partial charge in [-0.2, -0.15) is 0 Å². The zero-order valence-electron chi connectivity index (χ0n) is 19.7. The maximum atomic E-state index is 12.8. The van der Waals surface area contributed by atoms with Gasteiger partial charge in [-0.3, -0.25) is 4.79 Å². The molecule has 182 valence electrons. The summed E-state index contributed by atoms with van der Waals surface area (Å²) in [5.41, 5.74) is 0.908. The summed E-state index contributed by atoms with van der Waals surface area (Å²) in [5, 5.41) is 12.7. The van der Waals surface area contributed by atoms with E-state index >= 15 is 0 Å². The average molecular weight is 476 g/mol. The third-order valence-corrected chi connectivity index (χ3v) is 5.94. The number of amides is 1. The molecule has 1 aliphatic heterocycles. The van der Waals surface area contributed by atoms with E-state index in [4.69, 9.17) is 14.2 Å². The molecule has 0 saturated carbocycles. The molecule has 0 bridgehead atoms. The quantitative estimate of drug-likeness (QED) is 0.429. The molecule has 35 heavy (non-hydrogen) atoms. The van der Waals surface area contributed by atoms with Crippen LogP contribution < -0.4 is 14.8 Å². The van der Waals surface area contributed by atoms with Gasteiger partial charge in [-0.15, -0.1) is 0 Å². The van der Waals surface area contributed by atoms with Gasteiger partial charge >= 0.3 is 5.97 Å². The first kappa shape index (κ1) is 24.3. The second-order valence-corrected chi connectivity index (χ2v) is 8.43. The van der Waals surface area contributed by atoms with Crippen molar-refractivity contribution < 1.29 is 28.9 Å². The summed E-state index contributed by atoms with van der Waals surface area (Å²) in [7, 11) is 0. The fraction of sp³-hybridized carbons (Fsp3) is 0.286. The molecule has 0 aliphatic carbocycles. The molecule has 4 rings (SSSR count). The number of hydrogen-bond donors (Lipinski definition) is 2. The summed E-state index contributed by atoms with van der Waals surface area (Å²) in [5.74, 6) is 0.838. The average Bonchev–Trinajstić information content (AvgIpc) is 3.35. The number of rotatable bonds is 10. The van der Waals surface area contributed by atoms with E-state index in [1.807, 2.05) is 55.5 Å². The van der Waals surface area contributed by atoms with Crippen molar-refractivity contribution >= 4 is 11.9 Å². The number of aliphatic carboxylic acids is 1. The van der Waals surface area contributed by atoms with E-state index in [0.717, 1.165) is 23.3 Å². The van der Waals surface area contributed by atoms with Crippen molar-refractivity contribution in [1.29, 1.82) is 0 Å². The third kappa shape index (κ3) is 6.00. The number of ether oxygens (including phenoxy) is 3.